The van der Waals surface area contributed by atoms with Crippen molar-refractivity contribution in [3.8, 4) is 33.4 Å². The Hall–Kier alpha value is -5.40. The van der Waals surface area contributed by atoms with E-state index in [1.165, 1.54) is 125 Å². The molecule has 56 heavy (non-hydrogen) atoms. The van der Waals surface area contributed by atoms with Gasteiger partial charge >= 0.3 is 0 Å². The maximum Gasteiger partial charge on any atom is 0.0468 e. The average molecular weight is 722 g/mol. The van der Waals surface area contributed by atoms with E-state index in [0.29, 0.717) is 0 Å². The van der Waals surface area contributed by atoms with Crippen LogP contribution in [0.4, 0.5) is 17.1 Å². The molecule has 4 saturated carbocycles. The Kier molecular flexibility index (Phi) is 6.57. The third-order valence-corrected chi connectivity index (χ3v) is 16.1. The fourth-order valence-corrected chi connectivity index (χ4v) is 13.9. The van der Waals surface area contributed by atoms with Gasteiger partial charge in [-0.25, -0.2) is 0 Å². The Morgan fingerprint density at radius 2 is 1.04 bits per heavy atom. The zero-order valence-corrected chi connectivity index (χ0v) is 32.1. The van der Waals surface area contributed by atoms with Crippen molar-refractivity contribution in [2.75, 3.05) is 4.90 Å². The summed E-state index contributed by atoms with van der Waals surface area (Å²) in [5.74, 6) is 3.44. The highest BCUT2D eigenvalue weighted by Crippen LogP contribution is 2.70. The summed E-state index contributed by atoms with van der Waals surface area (Å²) in [4.78, 5) is 2.57. The molecular weight excluding hydrogens is 675 g/mol. The first-order chi connectivity index (χ1) is 27.7. The van der Waals surface area contributed by atoms with Crippen molar-refractivity contribution < 1.29 is 0 Å². The molecule has 0 N–H and O–H groups in total. The Morgan fingerprint density at radius 1 is 0.411 bits per heavy atom. The van der Waals surface area contributed by atoms with Gasteiger partial charge in [-0.3, -0.25) is 0 Å². The minimum atomic E-state index is 0.121. The molecule has 6 aliphatic rings. The van der Waals surface area contributed by atoms with E-state index in [4.69, 9.17) is 0 Å². The topological polar surface area (TPSA) is 3.24 Å². The molecule has 0 aliphatic heterocycles. The molecule has 5 unspecified atom stereocenters. The number of fused-ring (bicyclic) bond motifs is 15. The van der Waals surface area contributed by atoms with Crippen molar-refractivity contribution in [3.05, 3.63) is 174 Å². The second-order valence-corrected chi connectivity index (χ2v) is 18.4. The number of benzene rings is 7. The van der Waals surface area contributed by atoms with Crippen LogP contribution in [-0.2, 0) is 10.8 Å². The molecule has 3 bridgehead atoms. The summed E-state index contributed by atoms with van der Waals surface area (Å²) >= 11 is 0. The van der Waals surface area contributed by atoms with Crippen molar-refractivity contribution in [3.63, 3.8) is 0 Å². The second-order valence-electron chi connectivity index (χ2n) is 18.4. The molecule has 272 valence electrons. The van der Waals surface area contributed by atoms with Gasteiger partial charge in [-0.2, -0.15) is 0 Å². The van der Waals surface area contributed by atoms with Crippen LogP contribution in [0, 0.1) is 23.7 Å². The van der Waals surface area contributed by atoms with E-state index in [2.05, 4.69) is 157 Å². The van der Waals surface area contributed by atoms with E-state index in [9.17, 15) is 0 Å². The molecule has 1 nitrogen and oxygen atoms in total. The molecule has 7 aromatic rings. The lowest BCUT2D eigenvalue weighted by Crippen LogP contribution is -2.45. The predicted molar refractivity (Wildman–Crippen MR) is 232 cm³/mol. The van der Waals surface area contributed by atoms with E-state index in [1.54, 1.807) is 16.7 Å². The van der Waals surface area contributed by atoms with E-state index >= 15 is 0 Å². The van der Waals surface area contributed by atoms with Gasteiger partial charge < -0.3 is 4.90 Å². The lowest BCUT2D eigenvalue weighted by Gasteiger charge is -2.49. The highest BCUT2D eigenvalue weighted by Gasteiger charge is 2.62. The van der Waals surface area contributed by atoms with Crippen molar-refractivity contribution >= 4 is 27.8 Å². The number of hydrogen-bond acceptors (Lipinski definition) is 1. The Balaban J connectivity index is 0.985. The second kappa shape index (κ2) is 11.6. The molecule has 0 aromatic heterocycles. The van der Waals surface area contributed by atoms with Crippen LogP contribution in [0.3, 0.4) is 0 Å². The largest absolute Gasteiger partial charge is 0.310 e. The van der Waals surface area contributed by atoms with Crippen molar-refractivity contribution in [1.29, 1.82) is 0 Å². The highest BCUT2D eigenvalue weighted by atomic mass is 15.1. The lowest BCUT2D eigenvalue weighted by atomic mass is 9.54. The zero-order valence-electron chi connectivity index (χ0n) is 32.1. The molecule has 0 saturated heterocycles. The van der Waals surface area contributed by atoms with Crippen LogP contribution in [0.2, 0.25) is 0 Å². The van der Waals surface area contributed by atoms with Gasteiger partial charge in [0.25, 0.3) is 0 Å². The van der Waals surface area contributed by atoms with Gasteiger partial charge in [0, 0.05) is 27.9 Å². The molecule has 13 rings (SSSR count). The molecule has 0 amide bonds. The summed E-state index contributed by atoms with van der Waals surface area (Å²) in [5, 5.41) is 2.57. The summed E-state index contributed by atoms with van der Waals surface area (Å²) in [6.07, 6.45) is 12.2. The quantitative estimate of drug-likeness (QED) is 0.175. The summed E-state index contributed by atoms with van der Waals surface area (Å²) in [5.41, 5.74) is 18.7. The minimum absolute atomic E-state index is 0.121. The molecule has 1 heteroatoms. The molecule has 2 spiro atoms. The van der Waals surface area contributed by atoms with E-state index in [1.807, 2.05) is 0 Å². The van der Waals surface area contributed by atoms with Crippen molar-refractivity contribution in [2.24, 2.45) is 23.7 Å². The van der Waals surface area contributed by atoms with Crippen LogP contribution < -0.4 is 4.90 Å². The molecule has 7 aromatic carbocycles. The summed E-state index contributed by atoms with van der Waals surface area (Å²) in [6, 6.07) is 58.9. The summed E-state index contributed by atoms with van der Waals surface area (Å²) in [7, 11) is 0. The molecule has 4 fully saturated rings. The molecule has 0 heterocycles. The van der Waals surface area contributed by atoms with Crippen LogP contribution in [0.25, 0.3) is 44.2 Å². The standard InChI is InChI=1S/C55H47N/c1-2-10-37-29-38(16-15-35(37)9-1)36-18-21-43(22-19-36)56(45-23-25-48-46-11-3-5-13-50(46)54(53(48)34-45)27-7-8-28-54)44-24-26-52-49(33-44)47-12-4-6-14-51(47)55(52)41-20-17-39-30-42(55)32-40(39)31-41/h1-6,9-16,18-19,21-26,29,33-34,39-42H,7-8,17,20,27-28,30-32H2. The van der Waals surface area contributed by atoms with Gasteiger partial charge in [-0.15, -0.1) is 0 Å². The first-order valence-corrected chi connectivity index (χ1v) is 21.6. The smallest absolute Gasteiger partial charge is 0.0468 e. The SMILES string of the molecule is c1ccc2c(c1)-c1ccc(N(c3ccc(-c4ccc5ccccc5c4)cc3)c3ccc4c(c3)-c3ccccc3C43C4CCC5CC3CC5C4)cc1C21CCCC1. The number of rotatable bonds is 4. The number of nitrogens with zero attached hydrogens (tertiary/aromatic N) is 1. The lowest BCUT2D eigenvalue weighted by molar-refractivity contribution is 0.106. The summed E-state index contributed by atoms with van der Waals surface area (Å²) < 4.78 is 0. The van der Waals surface area contributed by atoms with Gasteiger partial charge in [-0.1, -0.05) is 122 Å². The fourth-order valence-electron chi connectivity index (χ4n) is 13.9. The average Bonchev–Trinajstić information content (AvgIpc) is 4.01. The van der Waals surface area contributed by atoms with E-state index in [-0.39, 0.29) is 10.8 Å². The van der Waals surface area contributed by atoms with Crippen LogP contribution in [-0.4, -0.2) is 0 Å². The van der Waals surface area contributed by atoms with Crippen molar-refractivity contribution in [2.45, 2.75) is 68.6 Å². The molecule has 0 radical (unpaired) electrons. The monoisotopic (exact) mass is 721 g/mol. The maximum atomic E-state index is 2.59. The van der Waals surface area contributed by atoms with Crippen LogP contribution >= 0.6 is 0 Å². The Bertz CT molecular complexity index is 2720. The van der Waals surface area contributed by atoms with Gasteiger partial charge in [0.1, 0.15) is 0 Å². The maximum absolute atomic E-state index is 2.59. The van der Waals surface area contributed by atoms with Crippen LogP contribution in [0.15, 0.2) is 152 Å². The van der Waals surface area contributed by atoms with Crippen LogP contribution in [0.1, 0.15) is 80.0 Å². The first-order valence-electron chi connectivity index (χ1n) is 21.6. The molecule has 5 atom stereocenters. The molecular formula is C55H47N. The normalized spacial score (nSPS) is 25.4. The fraction of sp³-hybridized carbons (Fsp3) is 0.273. The van der Waals surface area contributed by atoms with Gasteiger partial charge in [-0.05, 0) is 177 Å². The highest BCUT2D eigenvalue weighted by molar-refractivity contribution is 5.91. The first kappa shape index (κ1) is 31.8. The van der Waals surface area contributed by atoms with Crippen molar-refractivity contribution in [1.82, 2.24) is 0 Å². The van der Waals surface area contributed by atoms with E-state index < -0.39 is 0 Å². The van der Waals surface area contributed by atoms with Crippen LogP contribution in [0.5, 0.6) is 0 Å². The van der Waals surface area contributed by atoms with Gasteiger partial charge in [0.2, 0.25) is 0 Å². The third-order valence-electron chi connectivity index (χ3n) is 16.1. The summed E-state index contributed by atoms with van der Waals surface area (Å²) in [6.45, 7) is 0. The third kappa shape index (κ3) is 4.16. The van der Waals surface area contributed by atoms with Gasteiger partial charge in [0.05, 0.1) is 0 Å². The van der Waals surface area contributed by atoms with E-state index in [0.717, 1.165) is 23.7 Å². The number of hydrogen-bond donors (Lipinski definition) is 0. The Morgan fingerprint density at radius 3 is 1.89 bits per heavy atom. The number of anilines is 3. The van der Waals surface area contributed by atoms with Gasteiger partial charge in [0.15, 0.2) is 0 Å². The Labute approximate surface area is 331 Å². The molecule has 6 aliphatic carbocycles. The predicted octanol–water partition coefficient (Wildman–Crippen LogP) is 14.5. The minimum Gasteiger partial charge on any atom is -0.310 e. The zero-order chi connectivity index (χ0) is 36.6.